The molecule has 3 heterocycles. The number of nitrogens with zero attached hydrogens (tertiary/aromatic N) is 4. The predicted octanol–water partition coefficient (Wildman–Crippen LogP) is 2.34. The quantitative estimate of drug-likeness (QED) is 0.537. The summed E-state index contributed by atoms with van der Waals surface area (Å²) in [7, 11) is 0. The summed E-state index contributed by atoms with van der Waals surface area (Å²) in [5.41, 5.74) is 9.66. The second-order valence-corrected chi connectivity index (χ2v) is 5.18. The first-order chi connectivity index (χ1) is 11.3. The van der Waals surface area contributed by atoms with Crippen LogP contribution in [-0.2, 0) is 6.54 Å². The van der Waals surface area contributed by atoms with E-state index in [4.69, 9.17) is 5.73 Å². The number of benzene rings is 1. The van der Waals surface area contributed by atoms with Crippen molar-refractivity contribution in [2.45, 2.75) is 6.54 Å². The van der Waals surface area contributed by atoms with Crippen molar-refractivity contribution in [3.63, 3.8) is 0 Å². The van der Waals surface area contributed by atoms with E-state index in [1.807, 2.05) is 42.6 Å². The Hall–Kier alpha value is -3.35. The molecule has 0 unspecified atom stereocenters. The molecule has 0 aliphatic heterocycles. The first-order valence-electron chi connectivity index (χ1n) is 7.22. The molecule has 0 aliphatic rings. The van der Waals surface area contributed by atoms with E-state index in [1.165, 1.54) is 0 Å². The van der Waals surface area contributed by atoms with Crippen LogP contribution in [0.5, 0.6) is 0 Å². The number of hydrogen-bond donors (Lipinski definition) is 3. The minimum Gasteiger partial charge on any atom is -0.384 e. The van der Waals surface area contributed by atoms with Gasteiger partial charge in [-0.15, -0.1) is 0 Å². The molecule has 4 N–H and O–H groups in total. The van der Waals surface area contributed by atoms with Crippen LogP contribution in [0.1, 0.15) is 5.69 Å². The molecule has 0 saturated carbocycles. The van der Waals surface area contributed by atoms with Gasteiger partial charge in [-0.1, -0.05) is 0 Å². The van der Waals surface area contributed by atoms with Gasteiger partial charge in [0, 0.05) is 35.7 Å². The molecular weight excluding hydrogens is 290 g/mol. The number of H-pyrrole nitrogens is 1. The molecule has 7 heteroatoms. The Labute approximate surface area is 132 Å². The summed E-state index contributed by atoms with van der Waals surface area (Å²) in [4.78, 5) is 4.43. The van der Waals surface area contributed by atoms with Crippen LogP contribution in [0, 0.1) is 0 Å². The summed E-state index contributed by atoms with van der Waals surface area (Å²) >= 11 is 0. The Morgan fingerprint density at radius 2 is 2.13 bits per heavy atom. The third-order valence-electron chi connectivity index (χ3n) is 3.61. The second kappa shape index (κ2) is 5.45. The van der Waals surface area contributed by atoms with Gasteiger partial charge in [-0.05, 0) is 30.3 Å². The number of pyridine rings is 1. The van der Waals surface area contributed by atoms with Crippen molar-refractivity contribution in [2.75, 3.05) is 11.1 Å². The normalized spacial score (nSPS) is 11.0. The van der Waals surface area contributed by atoms with Crippen molar-refractivity contribution in [3.05, 3.63) is 60.7 Å². The molecule has 23 heavy (non-hydrogen) atoms. The Kier molecular flexibility index (Phi) is 3.16. The van der Waals surface area contributed by atoms with Crippen LogP contribution < -0.4 is 11.1 Å². The summed E-state index contributed by atoms with van der Waals surface area (Å²) in [6, 6.07) is 11.7. The third-order valence-corrected chi connectivity index (χ3v) is 3.61. The molecular formula is C16H15N7. The van der Waals surface area contributed by atoms with Gasteiger partial charge in [0.05, 0.1) is 23.4 Å². The van der Waals surface area contributed by atoms with Crippen molar-refractivity contribution in [2.24, 2.45) is 0 Å². The van der Waals surface area contributed by atoms with Crippen molar-refractivity contribution in [1.29, 1.82) is 0 Å². The van der Waals surface area contributed by atoms with Gasteiger partial charge in [-0.3, -0.25) is 5.10 Å². The molecule has 114 valence electrons. The largest absolute Gasteiger partial charge is 0.384 e. The minimum atomic E-state index is 0.474. The smallest absolute Gasteiger partial charge is 0.126 e. The molecule has 1 aromatic carbocycles. The zero-order valence-electron chi connectivity index (χ0n) is 12.3. The molecule has 3 aromatic heterocycles. The molecule has 4 rings (SSSR count). The Bertz CT molecular complexity index is 927. The molecule has 0 atom stereocenters. The molecule has 0 radical (unpaired) electrons. The highest BCUT2D eigenvalue weighted by atomic mass is 15.3. The molecule has 4 aromatic rings. The second-order valence-electron chi connectivity index (χ2n) is 5.18. The first kappa shape index (κ1) is 13.3. The van der Waals surface area contributed by atoms with Gasteiger partial charge in [0.25, 0.3) is 0 Å². The maximum atomic E-state index is 5.95. The molecule has 7 nitrogen and oxygen atoms in total. The van der Waals surface area contributed by atoms with Gasteiger partial charge in [-0.2, -0.15) is 10.2 Å². The Morgan fingerprint density at radius 3 is 2.91 bits per heavy atom. The highest BCUT2D eigenvalue weighted by Crippen LogP contribution is 2.26. The van der Waals surface area contributed by atoms with Gasteiger partial charge in [-0.25, -0.2) is 9.67 Å². The predicted molar refractivity (Wildman–Crippen MR) is 89.2 cm³/mol. The van der Waals surface area contributed by atoms with E-state index in [0.29, 0.717) is 12.4 Å². The minimum absolute atomic E-state index is 0.474. The first-order valence-corrected chi connectivity index (χ1v) is 7.22. The maximum absolute atomic E-state index is 5.95. The maximum Gasteiger partial charge on any atom is 0.126 e. The number of nitrogens with two attached hydrogens (primary N) is 1. The zero-order chi connectivity index (χ0) is 15.6. The highest BCUT2D eigenvalue weighted by Gasteiger charge is 2.07. The van der Waals surface area contributed by atoms with Crippen LogP contribution in [0.2, 0.25) is 0 Å². The lowest BCUT2D eigenvalue weighted by Gasteiger charge is -2.11. The van der Waals surface area contributed by atoms with E-state index < -0.39 is 0 Å². The summed E-state index contributed by atoms with van der Waals surface area (Å²) < 4.78 is 1.79. The molecule has 0 bridgehead atoms. The number of fused-ring (bicyclic) bond motifs is 1. The van der Waals surface area contributed by atoms with Crippen LogP contribution >= 0.6 is 0 Å². The summed E-state index contributed by atoms with van der Waals surface area (Å²) in [5, 5.41) is 15.5. The average Bonchev–Trinajstić information content (AvgIpc) is 3.25. The van der Waals surface area contributed by atoms with Gasteiger partial charge in [0.15, 0.2) is 0 Å². The number of nitrogens with one attached hydrogen (secondary N) is 2. The van der Waals surface area contributed by atoms with E-state index in [1.54, 1.807) is 17.1 Å². The van der Waals surface area contributed by atoms with Crippen molar-refractivity contribution in [1.82, 2.24) is 25.0 Å². The van der Waals surface area contributed by atoms with Crippen LogP contribution in [0.15, 0.2) is 55.0 Å². The highest BCUT2D eigenvalue weighted by molar-refractivity contribution is 5.93. The van der Waals surface area contributed by atoms with E-state index in [-0.39, 0.29) is 0 Å². The van der Waals surface area contributed by atoms with E-state index in [9.17, 15) is 0 Å². The molecule has 0 amide bonds. The van der Waals surface area contributed by atoms with Crippen LogP contribution in [0.25, 0.3) is 16.6 Å². The number of aromatic amines is 1. The van der Waals surface area contributed by atoms with Gasteiger partial charge in [0.1, 0.15) is 5.82 Å². The molecule has 0 aliphatic carbocycles. The standard InChI is InChI=1S/C16H15N7/c17-16-9-14(18-10-11-4-6-19-22-11)13-3-2-12(8-15(13)21-16)23-7-1-5-20-23/h1-9H,10H2,(H,19,22)(H3,17,18,21). The SMILES string of the molecule is Nc1cc(NCc2ccn[nH]2)c2ccc(-n3cccn3)cc2n1. The Morgan fingerprint density at radius 1 is 1.17 bits per heavy atom. The summed E-state index contributed by atoms with van der Waals surface area (Å²) in [6.07, 6.45) is 5.37. The average molecular weight is 305 g/mol. The summed E-state index contributed by atoms with van der Waals surface area (Å²) in [5.74, 6) is 0.474. The van der Waals surface area contributed by atoms with E-state index >= 15 is 0 Å². The number of rotatable bonds is 4. The fourth-order valence-corrected chi connectivity index (χ4v) is 2.52. The monoisotopic (exact) mass is 305 g/mol. The van der Waals surface area contributed by atoms with Crippen molar-refractivity contribution >= 4 is 22.4 Å². The van der Waals surface area contributed by atoms with Gasteiger partial charge >= 0.3 is 0 Å². The number of anilines is 2. The van der Waals surface area contributed by atoms with Crippen molar-refractivity contribution in [3.8, 4) is 5.69 Å². The van der Waals surface area contributed by atoms with Crippen LogP contribution in [0.3, 0.4) is 0 Å². The van der Waals surface area contributed by atoms with E-state index in [2.05, 4.69) is 25.6 Å². The van der Waals surface area contributed by atoms with Crippen LogP contribution in [-0.4, -0.2) is 25.0 Å². The topological polar surface area (TPSA) is 97.4 Å². The number of hydrogen-bond acceptors (Lipinski definition) is 5. The lowest BCUT2D eigenvalue weighted by atomic mass is 10.1. The fraction of sp³-hybridized carbons (Fsp3) is 0.0625. The van der Waals surface area contributed by atoms with Gasteiger partial charge < -0.3 is 11.1 Å². The molecule has 0 saturated heterocycles. The van der Waals surface area contributed by atoms with Gasteiger partial charge in [0.2, 0.25) is 0 Å². The van der Waals surface area contributed by atoms with Crippen LogP contribution in [0.4, 0.5) is 11.5 Å². The van der Waals surface area contributed by atoms with Crippen molar-refractivity contribution < 1.29 is 0 Å². The zero-order valence-corrected chi connectivity index (χ0v) is 12.3. The summed E-state index contributed by atoms with van der Waals surface area (Å²) in [6.45, 7) is 0.638. The third kappa shape index (κ3) is 2.59. The lowest BCUT2D eigenvalue weighted by Crippen LogP contribution is -2.03. The lowest BCUT2D eigenvalue weighted by molar-refractivity contribution is 0.882. The number of nitrogen functional groups attached to an aromatic ring is 1. The molecule has 0 fully saturated rings. The Balaban J connectivity index is 1.73. The fourth-order valence-electron chi connectivity index (χ4n) is 2.52. The molecule has 0 spiro atoms. The van der Waals surface area contributed by atoms with E-state index in [0.717, 1.165) is 28.0 Å². The number of aromatic nitrogens is 5.